The maximum atomic E-state index is 6.29. The molecule has 0 spiro atoms. The number of nitrogens with zero attached hydrogens (tertiary/aromatic N) is 2. The average molecular weight is 441 g/mol. The molecule has 1 saturated heterocycles. The molecule has 4 aromatic rings. The van der Waals surface area contributed by atoms with Crippen LogP contribution in [0.15, 0.2) is 61.1 Å². The Morgan fingerprint density at radius 1 is 1.13 bits per heavy atom. The summed E-state index contributed by atoms with van der Waals surface area (Å²) < 4.78 is 6.19. The third-order valence-corrected chi connectivity index (χ3v) is 5.56. The van der Waals surface area contributed by atoms with E-state index in [-0.39, 0.29) is 12.4 Å². The Hall–Kier alpha value is -2.60. The molecule has 0 unspecified atom stereocenters. The van der Waals surface area contributed by atoms with E-state index in [0.717, 1.165) is 52.1 Å². The van der Waals surface area contributed by atoms with Crippen LogP contribution in [0.5, 0.6) is 5.75 Å². The van der Waals surface area contributed by atoms with Gasteiger partial charge >= 0.3 is 0 Å². The van der Waals surface area contributed by atoms with Gasteiger partial charge in [-0.1, -0.05) is 23.7 Å². The van der Waals surface area contributed by atoms with Crippen LogP contribution in [0.1, 0.15) is 12.8 Å². The number of nitrogens with one attached hydrogen (secondary N) is 2. The predicted octanol–water partition coefficient (Wildman–Crippen LogP) is 5.50. The number of rotatable bonds is 5. The predicted molar refractivity (Wildman–Crippen MR) is 124 cm³/mol. The number of aromatic nitrogens is 3. The van der Waals surface area contributed by atoms with Crippen LogP contribution in [0.25, 0.3) is 33.4 Å². The Balaban J connectivity index is 0.00000218. The van der Waals surface area contributed by atoms with Gasteiger partial charge in [0, 0.05) is 34.6 Å². The average Bonchev–Trinajstić information content (AvgIpc) is 3.40. The molecule has 0 saturated carbocycles. The summed E-state index contributed by atoms with van der Waals surface area (Å²) in [5, 5.41) is 4.17. The number of hydrogen-bond donors (Lipinski definition) is 2. The van der Waals surface area contributed by atoms with Crippen molar-refractivity contribution in [1.82, 2.24) is 20.3 Å². The van der Waals surface area contributed by atoms with Gasteiger partial charge in [0.25, 0.3) is 0 Å². The van der Waals surface area contributed by atoms with Crippen LogP contribution in [-0.4, -0.2) is 34.1 Å². The highest BCUT2D eigenvalue weighted by Crippen LogP contribution is 2.41. The van der Waals surface area contributed by atoms with Crippen molar-refractivity contribution in [3.63, 3.8) is 0 Å². The quantitative estimate of drug-likeness (QED) is 0.430. The summed E-state index contributed by atoms with van der Waals surface area (Å²) in [5.41, 5.74) is 5.82. The molecule has 7 heteroatoms. The minimum Gasteiger partial charge on any atom is -0.490 e. The van der Waals surface area contributed by atoms with Crippen LogP contribution in [-0.2, 0) is 0 Å². The minimum absolute atomic E-state index is 0. The molecule has 30 heavy (non-hydrogen) atoms. The Kier molecular flexibility index (Phi) is 6.23. The van der Waals surface area contributed by atoms with Crippen LogP contribution in [0.4, 0.5) is 0 Å². The van der Waals surface area contributed by atoms with Crippen molar-refractivity contribution in [2.24, 2.45) is 0 Å². The van der Waals surface area contributed by atoms with Gasteiger partial charge in [-0.2, -0.15) is 0 Å². The van der Waals surface area contributed by atoms with Gasteiger partial charge in [-0.25, -0.2) is 0 Å². The summed E-state index contributed by atoms with van der Waals surface area (Å²) in [6, 6.07) is 14.2. The SMILES string of the molecule is Cl.Clc1cccc(-c2c(-c3ccncc3OC[C@@H]3CCCN3)[nH]c3cccnc23)c1. The van der Waals surface area contributed by atoms with E-state index < -0.39 is 0 Å². The Morgan fingerprint density at radius 2 is 2.07 bits per heavy atom. The lowest BCUT2D eigenvalue weighted by molar-refractivity contribution is 0.277. The topological polar surface area (TPSA) is 62.8 Å². The van der Waals surface area contributed by atoms with Crippen molar-refractivity contribution in [3.05, 3.63) is 66.1 Å². The molecule has 0 aliphatic carbocycles. The molecule has 0 bridgehead atoms. The molecule has 1 fully saturated rings. The second kappa shape index (κ2) is 9.04. The number of halogens is 2. The molecule has 1 aliphatic heterocycles. The molecule has 1 aromatic carbocycles. The monoisotopic (exact) mass is 440 g/mol. The lowest BCUT2D eigenvalue weighted by Crippen LogP contribution is -2.28. The number of hydrogen-bond acceptors (Lipinski definition) is 4. The van der Waals surface area contributed by atoms with Gasteiger partial charge < -0.3 is 15.0 Å². The van der Waals surface area contributed by atoms with E-state index in [2.05, 4.69) is 26.3 Å². The van der Waals surface area contributed by atoms with Crippen molar-refractivity contribution in [2.75, 3.05) is 13.2 Å². The van der Waals surface area contributed by atoms with E-state index >= 15 is 0 Å². The van der Waals surface area contributed by atoms with E-state index in [1.807, 2.05) is 42.6 Å². The summed E-state index contributed by atoms with van der Waals surface area (Å²) in [6.45, 7) is 1.68. The van der Waals surface area contributed by atoms with Crippen LogP contribution >= 0.6 is 24.0 Å². The zero-order valence-electron chi connectivity index (χ0n) is 16.3. The summed E-state index contributed by atoms with van der Waals surface area (Å²) in [5.74, 6) is 0.760. The van der Waals surface area contributed by atoms with E-state index in [1.165, 1.54) is 6.42 Å². The molecule has 154 valence electrons. The Bertz CT molecular complexity index is 1150. The maximum absolute atomic E-state index is 6.29. The van der Waals surface area contributed by atoms with Crippen LogP contribution < -0.4 is 10.1 Å². The first-order valence-electron chi connectivity index (χ1n) is 9.83. The highest BCUT2D eigenvalue weighted by Gasteiger charge is 2.20. The number of benzene rings is 1. The molecule has 4 heterocycles. The first-order chi connectivity index (χ1) is 14.3. The molecule has 5 nitrogen and oxygen atoms in total. The number of H-pyrrole nitrogens is 1. The number of pyridine rings is 2. The maximum Gasteiger partial charge on any atom is 0.146 e. The first-order valence-corrected chi connectivity index (χ1v) is 10.2. The van der Waals surface area contributed by atoms with Crippen LogP contribution in [0.3, 0.4) is 0 Å². The number of ether oxygens (including phenoxy) is 1. The van der Waals surface area contributed by atoms with Crippen LogP contribution in [0, 0.1) is 0 Å². The lowest BCUT2D eigenvalue weighted by Gasteiger charge is -2.15. The van der Waals surface area contributed by atoms with Gasteiger partial charge in [0.15, 0.2) is 0 Å². The van der Waals surface area contributed by atoms with Crippen molar-refractivity contribution in [1.29, 1.82) is 0 Å². The summed E-state index contributed by atoms with van der Waals surface area (Å²) >= 11 is 6.29. The highest BCUT2D eigenvalue weighted by atomic mass is 35.5. The third kappa shape index (κ3) is 4.01. The molecular formula is C23H22Cl2N4O. The molecule has 0 radical (unpaired) electrons. The standard InChI is InChI=1S/C23H21ClN4O.ClH/c24-16-5-1-4-15(12-16)21-22(28-19-7-3-10-27-23(19)21)18-8-11-25-13-20(18)29-14-17-6-2-9-26-17;/h1,3-5,7-8,10-13,17,26,28H,2,6,9,14H2;1H/t17-;/m0./s1. The molecule has 1 atom stereocenters. The zero-order chi connectivity index (χ0) is 19.6. The fourth-order valence-corrected chi connectivity index (χ4v) is 4.13. The van der Waals surface area contributed by atoms with Crippen molar-refractivity contribution in [2.45, 2.75) is 18.9 Å². The van der Waals surface area contributed by atoms with E-state index in [4.69, 9.17) is 16.3 Å². The van der Waals surface area contributed by atoms with Gasteiger partial charge in [0.2, 0.25) is 0 Å². The molecule has 1 aliphatic rings. The van der Waals surface area contributed by atoms with Crippen molar-refractivity contribution in [3.8, 4) is 28.1 Å². The van der Waals surface area contributed by atoms with Crippen LogP contribution in [0.2, 0.25) is 5.02 Å². The van der Waals surface area contributed by atoms with E-state index in [1.54, 1.807) is 12.4 Å². The minimum atomic E-state index is 0. The fraction of sp³-hybridized carbons (Fsp3) is 0.217. The van der Waals surface area contributed by atoms with Gasteiger partial charge in [-0.15, -0.1) is 12.4 Å². The van der Waals surface area contributed by atoms with Gasteiger partial charge in [-0.05, 0) is 55.3 Å². The van der Waals surface area contributed by atoms with Gasteiger partial charge in [0.05, 0.1) is 22.9 Å². The highest BCUT2D eigenvalue weighted by molar-refractivity contribution is 6.31. The second-order valence-corrected chi connectivity index (χ2v) is 7.70. The van der Waals surface area contributed by atoms with Gasteiger partial charge in [0.1, 0.15) is 12.4 Å². The molecule has 3 aromatic heterocycles. The van der Waals surface area contributed by atoms with Crippen molar-refractivity contribution >= 4 is 35.0 Å². The third-order valence-electron chi connectivity index (χ3n) is 5.32. The summed E-state index contributed by atoms with van der Waals surface area (Å²) in [7, 11) is 0. The summed E-state index contributed by atoms with van der Waals surface area (Å²) in [4.78, 5) is 12.5. The molecule has 5 rings (SSSR count). The van der Waals surface area contributed by atoms with Crippen molar-refractivity contribution < 1.29 is 4.74 Å². The molecule has 0 amide bonds. The fourth-order valence-electron chi connectivity index (χ4n) is 3.94. The number of aromatic amines is 1. The van der Waals surface area contributed by atoms with E-state index in [9.17, 15) is 0 Å². The zero-order valence-corrected chi connectivity index (χ0v) is 17.8. The lowest BCUT2D eigenvalue weighted by atomic mass is 10.0. The summed E-state index contributed by atoms with van der Waals surface area (Å²) in [6.07, 6.45) is 7.71. The first kappa shape index (κ1) is 20.7. The van der Waals surface area contributed by atoms with E-state index in [0.29, 0.717) is 17.7 Å². The normalized spacial score (nSPS) is 15.8. The van der Waals surface area contributed by atoms with Gasteiger partial charge in [-0.3, -0.25) is 9.97 Å². The largest absolute Gasteiger partial charge is 0.490 e. The smallest absolute Gasteiger partial charge is 0.146 e. The Morgan fingerprint density at radius 3 is 2.90 bits per heavy atom. The molecular weight excluding hydrogens is 419 g/mol. The number of fused-ring (bicyclic) bond motifs is 1. The molecule has 2 N–H and O–H groups in total. The second-order valence-electron chi connectivity index (χ2n) is 7.26. The Labute approximate surface area is 186 Å².